The van der Waals surface area contributed by atoms with Gasteiger partial charge in [0.15, 0.2) is 0 Å². The molecule has 8 heteroatoms. The van der Waals surface area contributed by atoms with Crippen molar-refractivity contribution >= 4 is 11.8 Å². The summed E-state index contributed by atoms with van der Waals surface area (Å²) in [5.74, 6) is -0.523. The molecule has 0 saturated carbocycles. The molecule has 0 bridgehead atoms. The topological polar surface area (TPSA) is 108 Å². The van der Waals surface area contributed by atoms with Crippen LogP contribution in [0.1, 0.15) is 39.4 Å². The molecule has 2 N–H and O–H groups in total. The van der Waals surface area contributed by atoms with Crippen LogP contribution < -0.4 is 10.9 Å². The summed E-state index contributed by atoms with van der Waals surface area (Å²) in [6.45, 7) is 2.88. The summed E-state index contributed by atoms with van der Waals surface area (Å²) in [7, 11) is 0. The molecule has 2 aromatic rings. The van der Waals surface area contributed by atoms with Crippen molar-refractivity contribution < 1.29 is 14.1 Å². The number of piperidine rings is 1. The number of hydrogen-bond donors (Lipinski definition) is 2. The van der Waals surface area contributed by atoms with Crippen LogP contribution in [0.2, 0.25) is 0 Å². The summed E-state index contributed by atoms with van der Waals surface area (Å²) in [5, 5.41) is 5.05. The van der Waals surface area contributed by atoms with Crippen LogP contribution >= 0.6 is 0 Å². The van der Waals surface area contributed by atoms with Crippen LogP contribution in [-0.2, 0) is 0 Å². The van der Waals surface area contributed by atoms with Gasteiger partial charge >= 0.3 is 0 Å². The highest BCUT2D eigenvalue weighted by atomic mass is 16.5. The smallest absolute Gasteiger partial charge is 0.292 e. The van der Waals surface area contributed by atoms with E-state index in [-0.39, 0.29) is 23.6 Å². The lowest BCUT2D eigenvalue weighted by Gasteiger charge is -2.31. The second-order valence-electron chi connectivity index (χ2n) is 5.84. The van der Waals surface area contributed by atoms with Crippen molar-refractivity contribution in [3.63, 3.8) is 0 Å². The SMILES string of the molecule is Cc1ccnc(C(=O)NC2CCN(C(=O)c3cc(=O)[nH]o3)CC2)c1. The largest absolute Gasteiger partial charge is 0.373 e. The molecule has 0 radical (unpaired) electrons. The van der Waals surface area contributed by atoms with Gasteiger partial charge in [-0.1, -0.05) is 0 Å². The van der Waals surface area contributed by atoms with Crippen LogP contribution in [0.3, 0.4) is 0 Å². The number of nitrogens with one attached hydrogen (secondary N) is 2. The third kappa shape index (κ3) is 3.53. The predicted octanol–water partition coefficient (Wildman–Crippen LogP) is 0.706. The van der Waals surface area contributed by atoms with E-state index in [1.807, 2.05) is 13.0 Å². The highest BCUT2D eigenvalue weighted by Gasteiger charge is 2.26. The van der Waals surface area contributed by atoms with Gasteiger partial charge in [-0.15, -0.1) is 0 Å². The second kappa shape index (κ2) is 6.69. The van der Waals surface area contributed by atoms with Gasteiger partial charge < -0.3 is 14.7 Å². The fourth-order valence-corrected chi connectivity index (χ4v) is 2.69. The van der Waals surface area contributed by atoms with Crippen LogP contribution in [0, 0.1) is 6.92 Å². The van der Waals surface area contributed by atoms with Crippen molar-refractivity contribution in [1.82, 2.24) is 20.4 Å². The molecule has 3 heterocycles. The molecule has 0 aliphatic carbocycles. The van der Waals surface area contributed by atoms with E-state index in [2.05, 4.69) is 15.5 Å². The number of hydrogen-bond acceptors (Lipinski definition) is 5. The Kier molecular flexibility index (Phi) is 4.45. The number of aromatic nitrogens is 2. The normalized spacial score (nSPS) is 15.3. The van der Waals surface area contributed by atoms with E-state index in [9.17, 15) is 14.4 Å². The third-order valence-electron chi connectivity index (χ3n) is 4.00. The van der Waals surface area contributed by atoms with E-state index < -0.39 is 5.56 Å². The molecule has 2 aromatic heterocycles. The number of H-pyrrole nitrogens is 1. The number of nitrogens with zero attached hydrogens (tertiary/aromatic N) is 2. The van der Waals surface area contributed by atoms with Crippen LogP contribution in [-0.4, -0.2) is 46.0 Å². The van der Waals surface area contributed by atoms with Crippen molar-refractivity contribution in [3.8, 4) is 0 Å². The highest BCUT2D eigenvalue weighted by molar-refractivity contribution is 5.93. The summed E-state index contributed by atoms with van der Waals surface area (Å²) in [6.07, 6.45) is 2.88. The van der Waals surface area contributed by atoms with Gasteiger partial charge in [-0.2, -0.15) is 5.16 Å². The molecule has 3 rings (SSSR count). The van der Waals surface area contributed by atoms with Crippen molar-refractivity contribution in [2.45, 2.75) is 25.8 Å². The number of aromatic amines is 1. The Hall–Kier alpha value is -2.90. The maximum Gasteiger partial charge on any atom is 0.292 e. The van der Waals surface area contributed by atoms with E-state index >= 15 is 0 Å². The zero-order chi connectivity index (χ0) is 17.1. The maximum absolute atomic E-state index is 12.2. The zero-order valence-corrected chi connectivity index (χ0v) is 13.2. The van der Waals surface area contributed by atoms with Gasteiger partial charge in [-0.3, -0.25) is 19.4 Å². The molecular weight excluding hydrogens is 312 g/mol. The first kappa shape index (κ1) is 16.0. The van der Waals surface area contributed by atoms with E-state index in [1.54, 1.807) is 17.2 Å². The summed E-state index contributed by atoms with van der Waals surface area (Å²) in [4.78, 5) is 41.1. The second-order valence-corrected chi connectivity index (χ2v) is 5.84. The minimum Gasteiger partial charge on any atom is -0.373 e. The average Bonchev–Trinajstić information content (AvgIpc) is 3.01. The van der Waals surface area contributed by atoms with Gasteiger partial charge in [0.05, 0.1) is 6.07 Å². The number of rotatable bonds is 3. The van der Waals surface area contributed by atoms with Gasteiger partial charge in [0, 0.05) is 25.3 Å². The standard InChI is InChI=1S/C16H18N4O4/c1-10-2-5-17-12(8-10)15(22)18-11-3-6-20(7-4-11)16(23)13-9-14(21)19-24-13/h2,5,8-9,11H,3-4,6-7H2,1H3,(H,18,22)(H,19,21). The van der Waals surface area contributed by atoms with Crippen LogP contribution in [0.4, 0.5) is 0 Å². The molecule has 0 unspecified atom stereocenters. The maximum atomic E-state index is 12.2. The van der Waals surface area contributed by atoms with Gasteiger partial charge in [-0.25, -0.2) is 0 Å². The Morgan fingerprint density at radius 1 is 1.33 bits per heavy atom. The molecule has 0 spiro atoms. The van der Waals surface area contributed by atoms with Crippen LogP contribution in [0.5, 0.6) is 0 Å². The fourth-order valence-electron chi connectivity index (χ4n) is 2.69. The fraction of sp³-hybridized carbons (Fsp3) is 0.375. The van der Waals surface area contributed by atoms with Gasteiger partial charge in [0.2, 0.25) is 5.76 Å². The van der Waals surface area contributed by atoms with Crippen molar-refractivity contribution in [1.29, 1.82) is 0 Å². The van der Waals surface area contributed by atoms with Gasteiger partial charge in [-0.05, 0) is 37.5 Å². The lowest BCUT2D eigenvalue weighted by Crippen LogP contribution is -2.46. The summed E-state index contributed by atoms with van der Waals surface area (Å²) in [5.41, 5.74) is 0.928. The van der Waals surface area contributed by atoms with Crippen molar-refractivity contribution in [2.75, 3.05) is 13.1 Å². The number of aryl methyl sites for hydroxylation is 1. The number of pyridine rings is 1. The zero-order valence-electron chi connectivity index (χ0n) is 13.2. The Balaban J connectivity index is 1.54. The molecule has 1 saturated heterocycles. The van der Waals surface area contributed by atoms with E-state index in [0.29, 0.717) is 31.6 Å². The van der Waals surface area contributed by atoms with E-state index in [4.69, 9.17) is 4.52 Å². The average molecular weight is 330 g/mol. The Bertz CT molecular complexity index is 802. The molecule has 2 amide bonds. The number of carbonyl (C=O) groups is 2. The first-order valence-corrected chi connectivity index (χ1v) is 7.74. The minimum atomic E-state index is -0.439. The Morgan fingerprint density at radius 3 is 2.71 bits per heavy atom. The predicted molar refractivity (Wildman–Crippen MR) is 84.7 cm³/mol. The lowest BCUT2D eigenvalue weighted by molar-refractivity contribution is 0.0657. The monoisotopic (exact) mass is 330 g/mol. The number of likely N-dealkylation sites (tertiary alicyclic amines) is 1. The molecule has 1 aliphatic rings. The molecule has 8 nitrogen and oxygen atoms in total. The van der Waals surface area contributed by atoms with Gasteiger partial charge in [0.1, 0.15) is 5.69 Å². The number of carbonyl (C=O) groups excluding carboxylic acids is 2. The molecule has 126 valence electrons. The van der Waals surface area contributed by atoms with Crippen LogP contribution in [0.25, 0.3) is 0 Å². The first-order chi connectivity index (χ1) is 11.5. The number of amides is 2. The van der Waals surface area contributed by atoms with Crippen molar-refractivity contribution in [2.24, 2.45) is 0 Å². The molecule has 1 aliphatic heterocycles. The quantitative estimate of drug-likeness (QED) is 0.861. The molecule has 0 atom stereocenters. The van der Waals surface area contributed by atoms with E-state index in [1.165, 1.54) is 0 Å². The summed E-state index contributed by atoms with van der Waals surface area (Å²) >= 11 is 0. The molecule has 24 heavy (non-hydrogen) atoms. The summed E-state index contributed by atoms with van der Waals surface area (Å²) < 4.78 is 4.83. The molecule has 0 aromatic carbocycles. The summed E-state index contributed by atoms with van der Waals surface area (Å²) in [6, 6.07) is 4.70. The minimum absolute atomic E-state index is 0.00597. The van der Waals surface area contributed by atoms with Gasteiger partial charge in [0.25, 0.3) is 17.4 Å². The Labute approximate surface area is 137 Å². The van der Waals surface area contributed by atoms with Crippen LogP contribution in [0.15, 0.2) is 33.7 Å². The first-order valence-electron chi connectivity index (χ1n) is 7.74. The van der Waals surface area contributed by atoms with Crippen molar-refractivity contribution in [3.05, 3.63) is 51.8 Å². The highest BCUT2D eigenvalue weighted by Crippen LogP contribution is 2.14. The lowest BCUT2D eigenvalue weighted by atomic mass is 10.0. The third-order valence-corrected chi connectivity index (χ3v) is 4.00. The Morgan fingerprint density at radius 2 is 2.08 bits per heavy atom. The molecule has 1 fully saturated rings. The van der Waals surface area contributed by atoms with E-state index in [0.717, 1.165) is 11.6 Å². The molecular formula is C16H18N4O4.